The molecule has 5 heteroatoms. The number of ether oxygens (including phenoxy) is 1. The van der Waals surface area contributed by atoms with Gasteiger partial charge in [-0.2, -0.15) is 0 Å². The van der Waals surface area contributed by atoms with Crippen LogP contribution in [-0.4, -0.2) is 44.9 Å². The number of hydrogen-bond acceptors (Lipinski definition) is 3. The van der Waals surface area contributed by atoms with Gasteiger partial charge in [-0.05, 0) is 39.3 Å². The monoisotopic (exact) mass is 229 g/mol. The number of carbonyl (C=O) groups is 1. The maximum atomic E-state index is 11.0. The van der Waals surface area contributed by atoms with Gasteiger partial charge in [-0.1, -0.05) is 0 Å². The quantitative estimate of drug-likeness (QED) is 0.580. The van der Waals surface area contributed by atoms with Gasteiger partial charge in [0.25, 0.3) is 0 Å². The molecular weight excluding hydrogens is 206 g/mol. The molecule has 0 saturated carbocycles. The van der Waals surface area contributed by atoms with Crippen molar-refractivity contribution in [3.63, 3.8) is 0 Å². The Hall–Kier alpha value is -0.810. The first-order valence-corrected chi connectivity index (χ1v) is 6.17. The van der Waals surface area contributed by atoms with E-state index < -0.39 is 0 Å². The topological polar surface area (TPSA) is 62.4 Å². The van der Waals surface area contributed by atoms with E-state index >= 15 is 0 Å². The zero-order valence-electron chi connectivity index (χ0n) is 10.1. The van der Waals surface area contributed by atoms with Gasteiger partial charge < -0.3 is 20.7 Å². The molecule has 1 rings (SSSR count). The lowest BCUT2D eigenvalue weighted by Gasteiger charge is -2.22. The number of rotatable bonds is 6. The predicted octanol–water partition coefficient (Wildman–Crippen LogP) is 0.464. The number of nitrogens with one attached hydrogen (secondary N) is 3. The van der Waals surface area contributed by atoms with E-state index in [1.54, 1.807) is 0 Å². The normalized spacial score (nSPS) is 17.1. The lowest BCUT2D eigenvalue weighted by atomic mass is 10.1. The number of hydrogen-bond donors (Lipinski definition) is 3. The maximum Gasteiger partial charge on any atom is 0.314 e. The molecule has 1 heterocycles. The van der Waals surface area contributed by atoms with Crippen LogP contribution in [0.3, 0.4) is 0 Å². The summed E-state index contributed by atoms with van der Waals surface area (Å²) in [6, 6.07) is -0.0932. The van der Waals surface area contributed by atoms with Crippen molar-refractivity contribution < 1.29 is 9.53 Å². The average molecular weight is 229 g/mol. The second kappa shape index (κ2) is 8.35. The fourth-order valence-electron chi connectivity index (χ4n) is 1.71. The van der Waals surface area contributed by atoms with Crippen molar-refractivity contribution in [2.24, 2.45) is 0 Å². The Labute approximate surface area is 97.3 Å². The van der Waals surface area contributed by atoms with Crippen LogP contribution in [0.1, 0.15) is 26.2 Å². The summed E-state index contributed by atoms with van der Waals surface area (Å²) >= 11 is 0. The molecule has 1 fully saturated rings. The molecule has 0 unspecified atom stereocenters. The molecule has 2 amide bonds. The van der Waals surface area contributed by atoms with Crippen LogP contribution in [0.4, 0.5) is 4.79 Å². The van der Waals surface area contributed by atoms with Crippen molar-refractivity contribution in [1.82, 2.24) is 16.0 Å². The first-order chi connectivity index (χ1) is 7.83. The van der Waals surface area contributed by atoms with Crippen molar-refractivity contribution in [3.05, 3.63) is 0 Å². The van der Waals surface area contributed by atoms with Crippen LogP contribution in [0.5, 0.6) is 0 Å². The van der Waals surface area contributed by atoms with Crippen LogP contribution in [0.2, 0.25) is 0 Å². The van der Waals surface area contributed by atoms with E-state index in [4.69, 9.17) is 4.74 Å². The molecule has 0 radical (unpaired) electrons. The Morgan fingerprint density at radius 1 is 1.38 bits per heavy atom. The van der Waals surface area contributed by atoms with Crippen molar-refractivity contribution in [2.45, 2.75) is 32.3 Å². The molecule has 0 aromatic carbocycles. The van der Waals surface area contributed by atoms with Crippen molar-refractivity contribution >= 4 is 6.03 Å². The molecule has 0 aromatic heterocycles. The highest BCUT2D eigenvalue weighted by atomic mass is 16.5. The lowest BCUT2D eigenvalue weighted by molar-refractivity contribution is 0.0320. The molecule has 0 spiro atoms. The summed E-state index contributed by atoms with van der Waals surface area (Å²) in [5.41, 5.74) is 0. The van der Waals surface area contributed by atoms with E-state index in [1.165, 1.54) is 0 Å². The fraction of sp³-hybridized carbons (Fsp3) is 0.909. The summed E-state index contributed by atoms with van der Waals surface area (Å²) in [6.45, 7) is 6.09. The number of amides is 2. The summed E-state index contributed by atoms with van der Waals surface area (Å²) in [5.74, 6) is 0. The van der Waals surface area contributed by atoms with Gasteiger partial charge in [0, 0.05) is 19.7 Å². The lowest BCUT2D eigenvalue weighted by Crippen LogP contribution is -2.36. The van der Waals surface area contributed by atoms with E-state index in [1.807, 2.05) is 6.92 Å². The number of carbonyl (C=O) groups excluding carboxylic acids is 1. The third kappa shape index (κ3) is 5.92. The summed E-state index contributed by atoms with van der Waals surface area (Å²) in [4.78, 5) is 11.0. The molecule has 1 aliphatic heterocycles. The number of piperidine rings is 1. The van der Waals surface area contributed by atoms with Gasteiger partial charge in [0.15, 0.2) is 0 Å². The van der Waals surface area contributed by atoms with Crippen molar-refractivity contribution in [2.75, 3.05) is 32.8 Å². The standard InChI is InChI=1S/C11H23N3O2/c1-2-13-11(15)14-6-3-9-16-10-4-7-12-8-5-10/h10,12H,2-9H2,1H3,(H2,13,14,15). The van der Waals surface area contributed by atoms with E-state index in [-0.39, 0.29) is 6.03 Å². The van der Waals surface area contributed by atoms with Crippen LogP contribution in [0, 0.1) is 0 Å². The van der Waals surface area contributed by atoms with Gasteiger partial charge in [0.2, 0.25) is 0 Å². The highest BCUT2D eigenvalue weighted by molar-refractivity contribution is 5.73. The van der Waals surface area contributed by atoms with Gasteiger partial charge in [-0.15, -0.1) is 0 Å². The maximum absolute atomic E-state index is 11.0. The fourth-order valence-corrected chi connectivity index (χ4v) is 1.71. The zero-order chi connectivity index (χ0) is 11.6. The van der Waals surface area contributed by atoms with Gasteiger partial charge in [-0.25, -0.2) is 4.79 Å². The Morgan fingerprint density at radius 3 is 2.81 bits per heavy atom. The summed E-state index contributed by atoms with van der Waals surface area (Å²) in [6.07, 6.45) is 3.49. The Bertz CT molecular complexity index is 194. The molecule has 16 heavy (non-hydrogen) atoms. The van der Waals surface area contributed by atoms with E-state index in [0.29, 0.717) is 19.2 Å². The third-order valence-corrected chi connectivity index (χ3v) is 2.58. The molecule has 0 atom stereocenters. The van der Waals surface area contributed by atoms with Crippen LogP contribution >= 0.6 is 0 Å². The minimum Gasteiger partial charge on any atom is -0.378 e. The SMILES string of the molecule is CCNC(=O)NCCCOC1CCNCC1. The van der Waals surface area contributed by atoms with Gasteiger partial charge in [0.1, 0.15) is 0 Å². The molecule has 5 nitrogen and oxygen atoms in total. The first-order valence-electron chi connectivity index (χ1n) is 6.17. The first kappa shape index (κ1) is 13.3. The molecule has 0 bridgehead atoms. The van der Waals surface area contributed by atoms with Crippen LogP contribution in [-0.2, 0) is 4.74 Å². The summed E-state index contributed by atoms with van der Waals surface area (Å²) in [7, 11) is 0. The molecule has 94 valence electrons. The smallest absolute Gasteiger partial charge is 0.314 e. The molecule has 1 aliphatic rings. The molecule has 0 aliphatic carbocycles. The second-order valence-corrected chi connectivity index (χ2v) is 3.96. The average Bonchev–Trinajstić information content (AvgIpc) is 2.30. The predicted molar refractivity (Wildman–Crippen MR) is 63.5 cm³/mol. The van der Waals surface area contributed by atoms with E-state index in [2.05, 4.69) is 16.0 Å². The molecular formula is C11H23N3O2. The van der Waals surface area contributed by atoms with Gasteiger partial charge >= 0.3 is 6.03 Å². The van der Waals surface area contributed by atoms with Crippen LogP contribution in [0.25, 0.3) is 0 Å². The number of urea groups is 1. The molecule has 0 aromatic rings. The third-order valence-electron chi connectivity index (χ3n) is 2.58. The molecule has 3 N–H and O–H groups in total. The zero-order valence-corrected chi connectivity index (χ0v) is 10.1. The largest absolute Gasteiger partial charge is 0.378 e. The Balaban J connectivity index is 1.89. The van der Waals surface area contributed by atoms with Crippen molar-refractivity contribution in [3.8, 4) is 0 Å². The van der Waals surface area contributed by atoms with Crippen LogP contribution in [0.15, 0.2) is 0 Å². The minimum absolute atomic E-state index is 0.0932. The van der Waals surface area contributed by atoms with Crippen molar-refractivity contribution in [1.29, 1.82) is 0 Å². The highest BCUT2D eigenvalue weighted by Gasteiger charge is 2.12. The van der Waals surface area contributed by atoms with Crippen LogP contribution < -0.4 is 16.0 Å². The second-order valence-electron chi connectivity index (χ2n) is 3.96. The summed E-state index contributed by atoms with van der Waals surface area (Å²) in [5, 5.41) is 8.77. The highest BCUT2D eigenvalue weighted by Crippen LogP contribution is 2.06. The summed E-state index contributed by atoms with van der Waals surface area (Å²) < 4.78 is 5.71. The van der Waals surface area contributed by atoms with Gasteiger partial charge in [0.05, 0.1) is 6.10 Å². The minimum atomic E-state index is -0.0932. The van der Waals surface area contributed by atoms with E-state index in [0.717, 1.165) is 39.0 Å². The van der Waals surface area contributed by atoms with E-state index in [9.17, 15) is 4.79 Å². The molecule has 1 saturated heterocycles. The Morgan fingerprint density at radius 2 is 2.12 bits per heavy atom. The van der Waals surface area contributed by atoms with Gasteiger partial charge in [-0.3, -0.25) is 0 Å². The Kier molecular flexibility index (Phi) is 6.92.